The molecule has 0 amide bonds. The van der Waals surface area contributed by atoms with E-state index >= 15 is 0 Å². The number of carbonyl (C=O) groups excluding carboxylic acids is 1. The van der Waals surface area contributed by atoms with Gasteiger partial charge in [-0.1, -0.05) is 19.9 Å². The third kappa shape index (κ3) is 3.27. The van der Waals surface area contributed by atoms with Gasteiger partial charge in [-0.3, -0.25) is 9.78 Å². The van der Waals surface area contributed by atoms with E-state index in [0.717, 1.165) is 5.56 Å². The van der Waals surface area contributed by atoms with Gasteiger partial charge in [0.2, 0.25) is 0 Å². The van der Waals surface area contributed by atoms with Gasteiger partial charge in [-0.2, -0.15) is 0 Å². The smallest absolute Gasteiger partial charge is 0.310 e. The van der Waals surface area contributed by atoms with Crippen LogP contribution in [-0.4, -0.2) is 25.1 Å². The standard InChI is InChI=1S/C13H20N2O2/c1-9(2)11(13(16)17-4)12(14-3)10-6-5-7-15-8-10/h5-9,11-12,14H,1-4H3. The highest BCUT2D eigenvalue weighted by Crippen LogP contribution is 2.28. The van der Waals surface area contributed by atoms with Crippen molar-refractivity contribution < 1.29 is 9.53 Å². The average molecular weight is 236 g/mol. The van der Waals surface area contributed by atoms with Gasteiger partial charge in [-0.25, -0.2) is 0 Å². The molecule has 4 heteroatoms. The van der Waals surface area contributed by atoms with E-state index in [1.165, 1.54) is 7.11 Å². The molecule has 0 radical (unpaired) electrons. The number of hydrogen-bond acceptors (Lipinski definition) is 4. The zero-order valence-electron chi connectivity index (χ0n) is 10.8. The number of carbonyl (C=O) groups is 1. The van der Waals surface area contributed by atoms with Gasteiger partial charge in [0.05, 0.1) is 13.0 Å². The Morgan fingerprint density at radius 1 is 1.47 bits per heavy atom. The lowest BCUT2D eigenvalue weighted by Gasteiger charge is -2.27. The molecule has 1 aromatic rings. The summed E-state index contributed by atoms with van der Waals surface area (Å²) in [7, 11) is 3.27. The van der Waals surface area contributed by atoms with Gasteiger partial charge in [0.15, 0.2) is 0 Å². The largest absolute Gasteiger partial charge is 0.469 e. The summed E-state index contributed by atoms with van der Waals surface area (Å²) >= 11 is 0. The SMILES string of the molecule is CNC(c1cccnc1)C(C(=O)OC)C(C)C. The molecule has 17 heavy (non-hydrogen) atoms. The highest BCUT2D eigenvalue weighted by Gasteiger charge is 2.32. The van der Waals surface area contributed by atoms with Gasteiger partial charge in [0, 0.05) is 18.4 Å². The molecule has 1 N–H and O–H groups in total. The third-order valence-corrected chi connectivity index (χ3v) is 2.91. The molecule has 0 saturated carbocycles. The molecule has 2 unspecified atom stereocenters. The number of pyridine rings is 1. The third-order valence-electron chi connectivity index (χ3n) is 2.91. The molecule has 1 rings (SSSR count). The lowest BCUT2D eigenvalue weighted by molar-refractivity contribution is -0.148. The Bertz CT molecular complexity index is 352. The molecule has 0 aliphatic carbocycles. The number of rotatable bonds is 5. The fourth-order valence-electron chi connectivity index (χ4n) is 2.04. The molecule has 1 aromatic heterocycles. The van der Waals surface area contributed by atoms with Crippen molar-refractivity contribution in [3.63, 3.8) is 0 Å². The van der Waals surface area contributed by atoms with E-state index in [2.05, 4.69) is 10.3 Å². The summed E-state index contributed by atoms with van der Waals surface area (Å²) in [5, 5.41) is 3.17. The molecular weight excluding hydrogens is 216 g/mol. The zero-order chi connectivity index (χ0) is 12.8. The number of aromatic nitrogens is 1. The highest BCUT2D eigenvalue weighted by molar-refractivity contribution is 5.73. The van der Waals surface area contributed by atoms with Crippen LogP contribution >= 0.6 is 0 Å². The fourth-order valence-corrected chi connectivity index (χ4v) is 2.04. The van der Waals surface area contributed by atoms with Crippen molar-refractivity contribution in [1.82, 2.24) is 10.3 Å². The minimum absolute atomic E-state index is 0.0730. The van der Waals surface area contributed by atoms with Crippen molar-refractivity contribution in [2.45, 2.75) is 19.9 Å². The van der Waals surface area contributed by atoms with Crippen molar-refractivity contribution in [3.8, 4) is 0 Å². The van der Waals surface area contributed by atoms with E-state index < -0.39 is 0 Å². The van der Waals surface area contributed by atoms with E-state index in [4.69, 9.17) is 4.74 Å². The summed E-state index contributed by atoms with van der Waals surface area (Å²) < 4.78 is 4.88. The minimum atomic E-state index is -0.214. The Morgan fingerprint density at radius 2 is 2.18 bits per heavy atom. The van der Waals surface area contributed by atoms with E-state index in [1.807, 2.05) is 33.0 Å². The van der Waals surface area contributed by atoms with Crippen molar-refractivity contribution >= 4 is 5.97 Å². The molecule has 1 heterocycles. The van der Waals surface area contributed by atoms with Crippen LogP contribution in [0.3, 0.4) is 0 Å². The maximum atomic E-state index is 11.8. The summed E-state index contributed by atoms with van der Waals surface area (Å²) in [5.74, 6) is -0.211. The molecular formula is C13H20N2O2. The first-order valence-corrected chi connectivity index (χ1v) is 5.76. The van der Waals surface area contributed by atoms with Crippen LogP contribution in [-0.2, 0) is 9.53 Å². The van der Waals surface area contributed by atoms with E-state index in [9.17, 15) is 4.79 Å². The quantitative estimate of drug-likeness (QED) is 0.792. The van der Waals surface area contributed by atoms with Crippen molar-refractivity contribution in [3.05, 3.63) is 30.1 Å². The minimum Gasteiger partial charge on any atom is -0.469 e. The molecule has 0 aliphatic heterocycles. The first-order valence-electron chi connectivity index (χ1n) is 5.76. The Morgan fingerprint density at radius 3 is 2.59 bits per heavy atom. The van der Waals surface area contributed by atoms with Crippen LogP contribution in [0.5, 0.6) is 0 Å². The summed E-state index contributed by atoms with van der Waals surface area (Å²) in [5.41, 5.74) is 0.999. The number of ether oxygens (including phenoxy) is 1. The average Bonchev–Trinajstić information content (AvgIpc) is 2.35. The highest BCUT2D eigenvalue weighted by atomic mass is 16.5. The first-order chi connectivity index (χ1) is 8.11. The van der Waals surface area contributed by atoms with Crippen molar-refractivity contribution in [2.24, 2.45) is 11.8 Å². The first kappa shape index (κ1) is 13.6. The monoisotopic (exact) mass is 236 g/mol. The number of nitrogens with one attached hydrogen (secondary N) is 1. The second kappa shape index (κ2) is 6.35. The Kier molecular flexibility index (Phi) is 5.10. The molecule has 0 saturated heterocycles. The maximum absolute atomic E-state index is 11.8. The van der Waals surface area contributed by atoms with E-state index in [0.29, 0.717) is 0 Å². The number of hydrogen-bond donors (Lipinski definition) is 1. The van der Waals surface area contributed by atoms with Gasteiger partial charge in [-0.15, -0.1) is 0 Å². The number of nitrogens with zero attached hydrogens (tertiary/aromatic N) is 1. The van der Waals surface area contributed by atoms with Crippen LogP contribution in [0.2, 0.25) is 0 Å². The zero-order valence-corrected chi connectivity index (χ0v) is 10.8. The van der Waals surface area contributed by atoms with Gasteiger partial charge < -0.3 is 10.1 Å². The van der Waals surface area contributed by atoms with E-state index in [-0.39, 0.29) is 23.8 Å². The maximum Gasteiger partial charge on any atom is 0.310 e. The van der Waals surface area contributed by atoms with Gasteiger partial charge in [0.1, 0.15) is 0 Å². The second-order valence-electron chi connectivity index (χ2n) is 4.35. The fraction of sp³-hybridized carbons (Fsp3) is 0.538. The topological polar surface area (TPSA) is 51.2 Å². The Balaban J connectivity index is 3.02. The summed E-state index contributed by atoms with van der Waals surface area (Å²) in [4.78, 5) is 15.9. The van der Waals surface area contributed by atoms with Crippen LogP contribution in [0.25, 0.3) is 0 Å². The predicted octanol–water partition coefficient (Wildman–Crippen LogP) is 1.79. The molecule has 94 valence electrons. The Hall–Kier alpha value is -1.42. The Labute approximate surface area is 102 Å². The molecule has 0 fully saturated rings. The van der Waals surface area contributed by atoms with Crippen molar-refractivity contribution in [2.75, 3.05) is 14.2 Å². The molecule has 0 spiro atoms. The van der Waals surface area contributed by atoms with Crippen LogP contribution in [0.1, 0.15) is 25.5 Å². The van der Waals surface area contributed by atoms with E-state index in [1.54, 1.807) is 12.4 Å². The summed E-state index contributed by atoms with van der Waals surface area (Å²) in [6.45, 7) is 4.03. The van der Waals surface area contributed by atoms with Crippen LogP contribution in [0.15, 0.2) is 24.5 Å². The molecule has 0 aromatic carbocycles. The second-order valence-corrected chi connectivity index (χ2v) is 4.35. The molecule has 4 nitrogen and oxygen atoms in total. The summed E-state index contributed by atoms with van der Waals surface area (Å²) in [6.07, 6.45) is 3.50. The normalized spacial score (nSPS) is 14.4. The number of methoxy groups -OCH3 is 1. The van der Waals surface area contributed by atoms with Gasteiger partial charge >= 0.3 is 5.97 Å². The molecule has 2 atom stereocenters. The molecule has 0 bridgehead atoms. The predicted molar refractivity (Wildman–Crippen MR) is 66.4 cm³/mol. The van der Waals surface area contributed by atoms with Crippen LogP contribution in [0, 0.1) is 11.8 Å². The number of esters is 1. The molecule has 0 aliphatic rings. The van der Waals surface area contributed by atoms with Crippen LogP contribution in [0.4, 0.5) is 0 Å². The van der Waals surface area contributed by atoms with Gasteiger partial charge in [0.25, 0.3) is 0 Å². The van der Waals surface area contributed by atoms with Gasteiger partial charge in [-0.05, 0) is 24.6 Å². The summed E-state index contributed by atoms with van der Waals surface area (Å²) in [6, 6.07) is 3.76. The van der Waals surface area contributed by atoms with Crippen molar-refractivity contribution in [1.29, 1.82) is 0 Å². The van der Waals surface area contributed by atoms with Crippen LogP contribution < -0.4 is 5.32 Å². The lowest BCUT2D eigenvalue weighted by atomic mass is 9.85. The lowest BCUT2D eigenvalue weighted by Crippen LogP contribution is -2.35.